The Labute approximate surface area is 197 Å². The van der Waals surface area contributed by atoms with Crippen molar-refractivity contribution < 1.29 is 4.74 Å². The number of nitrogens with two attached hydrogens (primary N) is 1. The minimum atomic E-state index is 0.0772. The Hall–Kier alpha value is -3.23. The number of benzene rings is 2. The predicted molar refractivity (Wildman–Crippen MR) is 132 cm³/mol. The molecule has 2 heterocycles. The fourth-order valence-corrected chi connectivity index (χ4v) is 5.26. The molecule has 0 unspecified atom stereocenters. The van der Waals surface area contributed by atoms with Crippen molar-refractivity contribution in [1.29, 1.82) is 0 Å². The molecule has 1 aliphatic rings. The summed E-state index contributed by atoms with van der Waals surface area (Å²) < 4.78 is 5.76. The Morgan fingerprint density at radius 3 is 2.88 bits per heavy atom. The fourth-order valence-electron chi connectivity index (χ4n) is 4.37. The van der Waals surface area contributed by atoms with Gasteiger partial charge in [0.05, 0.1) is 18.1 Å². The van der Waals surface area contributed by atoms with E-state index >= 15 is 0 Å². The number of nitrogens with zero attached hydrogens (tertiary/aromatic N) is 3. The molecule has 0 aliphatic heterocycles. The molecule has 0 spiro atoms. The summed E-state index contributed by atoms with van der Waals surface area (Å²) in [5.41, 5.74) is 12.8. The van der Waals surface area contributed by atoms with Crippen LogP contribution in [0.5, 0.6) is 5.75 Å². The number of imidazole rings is 1. The van der Waals surface area contributed by atoms with Crippen LogP contribution in [0.25, 0.3) is 21.1 Å². The van der Waals surface area contributed by atoms with Crippen LogP contribution >= 0.6 is 11.3 Å². The number of aromatic nitrogens is 4. The number of nitrogen functional groups attached to an aromatic ring is 1. The maximum atomic E-state index is 6.21. The monoisotopic (exact) mass is 460 g/mol. The van der Waals surface area contributed by atoms with Crippen molar-refractivity contribution in [2.45, 2.75) is 51.8 Å². The van der Waals surface area contributed by atoms with Gasteiger partial charge >= 0.3 is 0 Å². The highest BCUT2D eigenvalue weighted by Gasteiger charge is 2.24. The molecule has 5 rings (SSSR count). The second-order valence-electron chi connectivity index (χ2n) is 8.61. The molecule has 170 valence electrons. The first-order chi connectivity index (χ1) is 16.1. The highest BCUT2D eigenvalue weighted by Crippen LogP contribution is 2.39. The average molecular weight is 461 g/mol. The Morgan fingerprint density at radius 2 is 2.09 bits per heavy atom. The number of fused-ring (bicyclic) bond motifs is 1. The molecule has 1 atom stereocenters. The Kier molecular flexibility index (Phi) is 6.11. The molecule has 1 aliphatic carbocycles. The van der Waals surface area contributed by atoms with Gasteiger partial charge in [-0.3, -0.25) is 0 Å². The van der Waals surface area contributed by atoms with Crippen molar-refractivity contribution in [2.75, 3.05) is 5.73 Å². The molecule has 0 bridgehead atoms. The number of H-pyrrole nitrogens is 1. The quantitative estimate of drug-likeness (QED) is 0.330. The number of ether oxygens (including phenoxy) is 1. The minimum absolute atomic E-state index is 0.0772. The van der Waals surface area contributed by atoms with Gasteiger partial charge in [-0.15, -0.1) is 10.2 Å². The Balaban J connectivity index is 1.40. The number of hydrogen-bond donors (Lipinski definition) is 3. The van der Waals surface area contributed by atoms with E-state index in [0.29, 0.717) is 17.5 Å². The summed E-state index contributed by atoms with van der Waals surface area (Å²) in [7, 11) is 0. The van der Waals surface area contributed by atoms with Crippen molar-refractivity contribution in [3.8, 4) is 26.9 Å². The van der Waals surface area contributed by atoms with E-state index in [1.165, 1.54) is 16.7 Å². The molecule has 0 saturated carbocycles. The first kappa shape index (κ1) is 21.6. The Bertz CT molecular complexity index is 1230. The number of rotatable bonds is 7. The molecule has 33 heavy (non-hydrogen) atoms. The lowest BCUT2D eigenvalue weighted by molar-refractivity contribution is 0.244. The van der Waals surface area contributed by atoms with Gasteiger partial charge in [0.1, 0.15) is 15.8 Å². The number of nitrogens with one attached hydrogen (secondary N) is 2. The average Bonchev–Trinajstić information content (AvgIpc) is 3.51. The van der Waals surface area contributed by atoms with E-state index in [4.69, 9.17) is 10.5 Å². The molecule has 8 heteroatoms. The van der Waals surface area contributed by atoms with Gasteiger partial charge in [0, 0.05) is 35.6 Å². The molecule has 4 N–H and O–H groups in total. The van der Waals surface area contributed by atoms with E-state index in [9.17, 15) is 0 Å². The van der Waals surface area contributed by atoms with Gasteiger partial charge in [-0.25, -0.2) is 4.98 Å². The summed E-state index contributed by atoms with van der Waals surface area (Å²) in [4.78, 5) is 7.28. The summed E-state index contributed by atoms with van der Waals surface area (Å²) >= 11 is 1.60. The van der Waals surface area contributed by atoms with Gasteiger partial charge in [-0.05, 0) is 62.4 Å². The lowest BCUT2D eigenvalue weighted by atomic mass is 9.85. The van der Waals surface area contributed by atoms with E-state index < -0.39 is 0 Å². The summed E-state index contributed by atoms with van der Waals surface area (Å²) in [6.45, 7) is 4.75. The highest BCUT2D eigenvalue weighted by atomic mass is 32.1. The third kappa shape index (κ3) is 4.62. The molecule has 0 amide bonds. The van der Waals surface area contributed by atoms with Crippen molar-refractivity contribution in [1.82, 2.24) is 25.5 Å². The van der Waals surface area contributed by atoms with E-state index in [1.807, 2.05) is 38.2 Å². The number of aromatic amines is 1. The lowest BCUT2D eigenvalue weighted by Gasteiger charge is -2.27. The fraction of sp³-hybridized carbons (Fsp3) is 0.320. The van der Waals surface area contributed by atoms with Crippen LogP contribution in [0.15, 0.2) is 48.9 Å². The molecular formula is C25H28N6OS. The van der Waals surface area contributed by atoms with Crippen molar-refractivity contribution >= 4 is 17.0 Å². The largest absolute Gasteiger partial charge is 0.489 e. The first-order valence-electron chi connectivity index (χ1n) is 11.3. The van der Waals surface area contributed by atoms with Gasteiger partial charge in [-0.2, -0.15) is 0 Å². The van der Waals surface area contributed by atoms with Gasteiger partial charge in [0.15, 0.2) is 0 Å². The second-order valence-corrected chi connectivity index (χ2v) is 9.59. The maximum absolute atomic E-state index is 6.21. The lowest BCUT2D eigenvalue weighted by Crippen LogP contribution is -2.25. The van der Waals surface area contributed by atoms with Crippen LogP contribution in [0, 0.1) is 0 Å². The summed E-state index contributed by atoms with van der Waals surface area (Å²) in [6.07, 6.45) is 6.98. The second kappa shape index (κ2) is 9.33. The molecule has 2 aromatic carbocycles. The van der Waals surface area contributed by atoms with Crippen molar-refractivity contribution in [3.63, 3.8) is 0 Å². The van der Waals surface area contributed by atoms with Gasteiger partial charge in [-0.1, -0.05) is 29.5 Å². The van der Waals surface area contributed by atoms with E-state index in [1.54, 1.807) is 17.7 Å². The molecule has 0 saturated heterocycles. The summed E-state index contributed by atoms with van der Waals surface area (Å²) in [6, 6.07) is 12.7. The molecule has 2 aromatic heterocycles. The zero-order valence-corrected chi connectivity index (χ0v) is 19.7. The van der Waals surface area contributed by atoms with Crippen LogP contribution in [0.1, 0.15) is 49.6 Å². The van der Waals surface area contributed by atoms with Crippen LogP contribution in [0.4, 0.5) is 5.69 Å². The Morgan fingerprint density at radius 1 is 1.21 bits per heavy atom. The summed E-state index contributed by atoms with van der Waals surface area (Å²) in [5.74, 6) is 0.698. The van der Waals surface area contributed by atoms with Crippen molar-refractivity contribution in [2.24, 2.45) is 0 Å². The molecular weight excluding hydrogens is 432 g/mol. The standard InChI is InChI=1S/C25H28N6OS/c1-15(2)32-23-10-9-16(11-21(23)26)24-30-31-25(33-24)20-7-3-6-19-18(20)5-4-8-22(19)28-13-17-12-27-14-29-17/h3,6-7,9-12,14-15,22,28H,4-5,8,13,26H2,1-2H3,(H,27,29)/t22-/m0/s1. The van der Waals surface area contributed by atoms with Crippen LogP contribution in [-0.4, -0.2) is 26.3 Å². The van der Waals surface area contributed by atoms with Gasteiger partial charge in [0.2, 0.25) is 0 Å². The maximum Gasteiger partial charge on any atom is 0.148 e. The predicted octanol–water partition coefficient (Wildman–Crippen LogP) is 5.13. The van der Waals surface area contributed by atoms with Crippen molar-refractivity contribution in [3.05, 3.63) is 65.7 Å². The third-order valence-electron chi connectivity index (χ3n) is 5.88. The van der Waals surface area contributed by atoms with E-state index in [2.05, 4.69) is 43.7 Å². The van der Waals surface area contributed by atoms with E-state index in [0.717, 1.165) is 47.1 Å². The third-order valence-corrected chi connectivity index (χ3v) is 6.88. The molecule has 0 fully saturated rings. The number of anilines is 1. The number of hydrogen-bond acceptors (Lipinski definition) is 7. The molecule has 7 nitrogen and oxygen atoms in total. The van der Waals surface area contributed by atoms with Crippen LogP contribution in [0.2, 0.25) is 0 Å². The summed E-state index contributed by atoms with van der Waals surface area (Å²) in [5, 5.41) is 14.5. The van der Waals surface area contributed by atoms with Crippen LogP contribution in [-0.2, 0) is 13.0 Å². The topological polar surface area (TPSA) is 102 Å². The zero-order valence-electron chi connectivity index (χ0n) is 18.8. The van der Waals surface area contributed by atoms with Gasteiger partial charge in [0.25, 0.3) is 0 Å². The van der Waals surface area contributed by atoms with Gasteiger partial charge < -0.3 is 20.8 Å². The first-order valence-corrected chi connectivity index (χ1v) is 12.1. The highest BCUT2D eigenvalue weighted by molar-refractivity contribution is 7.17. The van der Waals surface area contributed by atoms with Crippen LogP contribution < -0.4 is 15.8 Å². The SMILES string of the molecule is CC(C)Oc1ccc(-c2nnc(-c3cccc4c3CCC[C@@H]4NCc3cnc[nH]3)s2)cc1N. The van der Waals surface area contributed by atoms with E-state index in [-0.39, 0.29) is 6.10 Å². The zero-order chi connectivity index (χ0) is 22.8. The normalized spacial score (nSPS) is 15.5. The minimum Gasteiger partial charge on any atom is -0.489 e. The molecule has 4 aromatic rings. The molecule has 0 radical (unpaired) electrons. The smallest absolute Gasteiger partial charge is 0.148 e. The van der Waals surface area contributed by atoms with Crippen LogP contribution in [0.3, 0.4) is 0 Å².